The quantitative estimate of drug-likeness (QED) is 0.329. The molecule has 0 aliphatic rings. The van der Waals surface area contributed by atoms with E-state index in [9.17, 15) is 13.2 Å². The first kappa shape index (κ1) is 20.1. The molecule has 6 nitrogen and oxygen atoms in total. The van der Waals surface area contributed by atoms with Crippen molar-refractivity contribution in [2.75, 3.05) is 0 Å². The summed E-state index contributed by atoms with van der Waals surface area (Å²) >= 11 is 0. The van der Waals surface area contributed by atoms with Gasteiger partial charge in [-0.05, 0) is 63.2 Å². The van der Waals surface area contributed by atoms with Gasteiger partial charge < -0.3 is 0 Å². The average Bonchev–Trinajstić information content (AvgIpc) is 3.54. The maximum absolute atomic E-state index is 13.6. The first-order valence-corrected chi connectivity index (χ1v) is 10.4. The summed E-state index contributed by atoms with van der Waals surface area (Å²) in [6, 6.07) is 25.5. The molecule has 0 unspecified atom stereocenters. The Labute approximate surface area is 190 Å². The average molecular weight is 456 g/mol. The molecule has 6 rings (SSSR count). The van der Waals surface area contributed by atoms with E-state index in [0.29, 0.717) is 28.3 Å². The van der Waals surface area contributed by atoms with Crippen LogP contribution in [0.5, 0.6) is 0 Å². The number of rotatable bonds is 3. The van der Waals surface area contributed by atoms with Gasteiger partial charge in [-0.3, -0.25) is 0 Å². The lowest BCUT2D eigenvalue weighted by Gasteiger charge is -2.10. The van der Waals surface area contributed by atoms with E-state index >= 15 is 0 Å². The Bertz CT molecular complexity index is 1630. The normalized spacial score (nSPS) is 12.0. The molecule has 0 saturated heterocycles. The molecule has 166 valence electrons. The number of aromatic nitrogens is 6. The van der Waals surface area contributed by atoms with Crippen LogP contribution < -0.4 is 0 Å². The number of hydrogen-bond acceptors (Lipinski definition) is 4. The lowest BCUT2D eigenvalue weighted by molar-refractivity contribution is -0.141. The molecule has 2 heterocycles. The van der Waals surface area contributed by atoms with Gasteiger partial charge in [0.2, 0.25) is 5.82 Å². The molecule has 0 saturated carbocycles. The molecular formula is C25H15F3N6. The van der Waals surface area contributed by atoms with Crippen LogP contribution in [0.3, 0.4) is 0 Å². The highest BCUT2D eigenvalue weighted by atomic mass is 19.4. The highest BCUT2D eigenvalue weighted by Gasteiger charge is 2.35. The van der Waals surface area contributed by atoms with Gasteiger partial charge in [0.15, 0.2) is 5.69 Å². The maximum atomic E-state index is 13.6. The predicted molar refractivity (Wildman–Crippen MR) is 122 cm³/mol. The van der Waals surface area contributed by atoms with Crippen molar-refractivity contribution in [3.8, 4) is 28.3 Å². The molecule has 0 atom stereocenters. The first-order chi connectivity index (χ1) is 16.5. The second-order valence-corrected chi connectivity index (χ2v) is 7.83. The fraction of sp³-hybridized carbons (Fsp3) is 0.0400. The number of tetrazole rings is 1. The van der Waals surface area contributed by atoms with E-state index in [0.717, 1.165) is 27.6 Å². The molecule has 0 amide bonds. The van der Waals surface area contributed by atoms with Crippen LogP contribution in [0, 0.1) is 0 Å². The van der Waals surface area contributed by atoms with Crippen LogP contribution >= 0.6 is 0 Å². The topological polar surface area (TPSA) is 72.3 Å². The van der Waals surface area contributed by atoms with Crippen molar-refractivity contribution in [2.45, 2.75) is 6.18 Å². The Balaban J connectivity index is 1.50. The van der Waals surface area contributed by atoms with Crippen LogP contribution in [0.1, 0.15) is 5.69 Å². The lowest BCUT2D eigenvalue weighted by Crippen LogP contribution is -2.07. The van der Waals surface area contributed by atoms with Crippen molar-refractivity contribution < 1.29 is 13.2 Å². The molecule has 0 fully saturated rings. The number of aromatic amines is 1. The van der Waals surface area contributed by atoms with Crippen molar-refractivity contribution in [1.82, 2.24) is 30.4 Å². The van der Waals surface area contributed by atoms with E-state index in [4.69, 9.17) is 0 Å². The second kappa shape index (κ2) is 7.51. The van der Waals surface area contributed by atoms with E-state index in [-0.39, 0.29) is 0 Å². The summed E-state index contributed by atoms with van der Waals surface area (Å²) < 4.78 is 42.1. The van der Waals surface area contributed by atoms with Crippen LogP contribution in [0.25, 0.3) is 49.9 Å². The molecule has 9 heteroatoms. The Kier molecular flexibility index (Phi) is 4.44. The number of alkyl halides is 3. The number of benzene rings is 4. The van der Waals surface area contributed by atoms with Gasteiger partial charge in [0, 0.05) is 11.1 Å². The van der Waals surface area contributed by atoms with E-state index in [1.165, 1.54) is 4.68 Å². The Morgan fingerprint density at radius 2 is 1.47 bits per heavy atom. The minimum atomic E-state index is -4.57. The summed E-state index contributed by atoms with van der Waals surface area (Å²) in [7, 11) is 0. The number of nitrogens with zero attached hydrogens (tertiary/aromatic N) is 5. The van der Waals surface area contributed by atoms with Gasteiger partial charge in [-0.2, -0.15) is 23.5 Å². The second-order valence-electron chi connectivity index (χ2n) is 7.83. The first-order valence-electron chi connectivity index (χ1n) is 10.4. The summed E-state index contributed by atoms with van der Waals surface area (Å²) in [4.78, 5) is 0. The van der Waals surface area contributed by atoms with Gasteiger partial charge in [-0.25, -0.2) is 4.68 Å². The zero-order chi connectivity index (χ0) is 23.3. The highest BCUT2D eigenvalue weighted by molar-refractivity contribution is 6.08. The summed E-state index contributed by atoms with van der Waals surface area (Å²) in [5.41, 5.74) is 1.18. The Hall–Kier alpha value is -4.53. The zero-order valence-corrected chi connectivity index (χ0v) is 17.5. The third-order valence-corrected chi connectivity index (χ3v) is 5.76. The summed E-state index contributed by atoms with van der Waals surface area (Å²) in [5.74, 6) is 0.393. The molecule has 0 spiro atoms. The number of H-pyrrole nitrogens is 1. The summed E-state index contributed by atoms with van der Waals surface area (Å²) in [6.45, 7) is 0. The Morgan fingerprint density at radius 1 is 0.735 bits per heavy atom. The molecule has 6 aromatic rings. The van der Waals surface area contributed by atoms with Crippen LogP contribution in [0.4, 0.5) is 13.2 Å². The maximum Gasteiger partial charge on any atom is 0.435 e. The van der Waals surface area contributed by atoms with Gasteiger partial charge in [0.05, 0.1) is 11.4 Å². The van der Waals surface area contributed by atoms with Crippen molar-refractivity contribution in [3.05, 3.63) is 90.6 Å². The van der Waals surface area contributed by atoms with Gasteiger partial charge in [-0.1, -0.05) is 48.5 Å². The molecular weight excluding hydrogens is 441 g/mol. The predicted octanol–water partition coefficient (Wildman–Crippen LogP) is 6.04. The third kappa shape index (κ3) is 3.38. The number of nitrogens with one attached hydrogen (secondary N) is 1. The fourth-order valence-corrected chi connectivity index (χ4v) is 4.13. The smallest absolute Gasteiger partial charge is 0.233 e. The number of hydrogen-bond donors (Lipinski definition) is 1. The van der Waals surface area contributed by atoms with Gasteiger partial charge in [-0.15, -0.1) is 10.2 Å². The highest BCUT2D eigenvalue weighted by Crippen LogP contribution is 2.35. The molecule has 0 aliphatic carbocycles. The lowest BCUT2D eigenvalue weighted by atomic mass is 9.99. The minimum Gasteiger partial charge on any atom is -0.233 e. The van der Waals surface area contributed by atoms with Gasteiger partial charge >= 0.3 is 6.18 Å². The van der Waals surface area contributed by atoms with Gasteiger partial charge in [0.25, 0.3) is 0 Å². The van der Waals surface area contributed by atoms with Crippen molar-refractivity contribution in [1.29, 1.82) is 0 Å². The van der Waals surface area contributed by atoms with Crippen LogP contribution in [0.15, 0.2) is 84.9 Å². The Morgan fingerprint density at radius 3 is 2.24 bits per heavy atom. The monoisotopic (exact) mass is 456 g/mol. The molecule has 4 aromatic carbocycles. The molecule has 0 bridgehead atoms. The van der Waals surface area contributed by atoms with Crippen molar-refractivity contribution in [3.63, 3.8) is 0 Å². The van der Waals surface area contributed by atoms with Crippen LogP contribution in [0.2, 0.25) is 0 Å². The molecule has 0 aliphatic heterocycles. The fourth-order valence-electron chi connectivity index (χ4n) is 4.13. The summed E-state index contributed by atoms with van der Waals surface area (Å²) in [6.07, 6.45) is -4.57. The van der Waals surface area contributed by atoms with E-state index < -0.39 is 11.9 Å². The molecule has 1 N–H and O–H groups in total. The van der Waals surface area contributed by atoms with Gasteiger partial charge in [0.1, 0.15) is 0 Å². The minimum absolute atomic E-state index is 0.342. The van der Waals surface area contributed by atoms with E-state index in [1.807, 2.05) is 54.6 Å². The molecule has 0 radical (unpaired) electrons. The van der Waals surface area contributed by atoms with Crippen molar-refractivity contribution in [2.24, 2.45) is 0 Å². The number of fused-ring (bicyclic) bond motifs is 3. The standard InChI is InChI=1S/C25H15F3N6/c26-25(27,28)23-14-22(34(31-23)19-10-7-16(8-11-19)24-29-32-33-30-24)18-9-12-21-17(13-18)6-5-15-3-1-2-4-20(15)21/h1-14H,(H,29,30,32,33). The third-order valence-electron chi connectivity index (χ3n) is 5.76. The zero-order valence-electron chi connectivity index (χ0n) is 17.5. The largest absolute Gasteiger partial charge is 0.435 e. The van der Waals surface area contributed by atoms with E-state index in [1.54, 1.807) is 24.3 Å². The summed E-state index contributed by atoms with van der Waals surface area (Å²) in [5, 5.41) is 21.8. The van der Waals surface area contributed by atoms with Crippen LogP contribution in [-0.4, -0.2) is 30.4 Å². The SMILES string of the molecule is FC(F)(F)c1cc(-c2ccc3c(ccc4ccccc43)c2)n(-c2ccc(-c3nn[nH]n3)cc2)n1. The van der Waals surface area contributed by atoms with E-state index in [2.05, 4.69) is 25.7 Å². The van der Waals surface area contributed by atoms with Crippen LogP contribution in [-0.2, 0) is 6.18 Å². The molecule has 34 heavy (non-hydrogen) atoms. The van der Waals surface area contributed by atoms with Crippen molar-refractivity contribution >= 4 is 21.5 Å². The number of halogens is 3. The molecule has 2 aromatic heterocycles.